The Hall–Kier alpha value is -1.92. The van der Waals surface area contributed by atoms with Crippen LogP contribution in [0.15, 0.2) is 6.33 Å². The molecule has 0 spiro atoms. The molecule has 2 aromatic rings. The Bertz CT molecular complexity index is 441. The average molecular weight is 152 g/mol. The quantitative estimate of drug-likeness (QED) is 0.415. The van der Waals surface area contributed by atoms with Gasteiger partial charge in [-0.05, 0) is 5.21 Å². The van der Waals surface area contributed by atoms with Gasteiger partial charge in [-0.1, -0.05) is 4.85 Å². The zero-order valence-electron chi connectivity index (χ0n) is 5.31. The fourth-order valence-electron chi connectivity index (χ4n) is 0.767. The van der Waals surface area contributed by atoms with Crippen LogP contribution in [0, 0.1) is 5.41 Å². The molecule has 0 aliphatic rings. The number of nitrogens with one attached hydrogen (secondary N) is 2. The van der Waals surface area contributed by atoms with Gasteiger partial charge in [0.05, 0.1) is 6.33 Å². The van der Waals surface area contributed by atoms with Crippen LogP contribution in [-0.2, 0) is 0 Å². The van der Waals surface area contributed by atoms with Crippen LogP contribution < -0.4 is 5.49 Å². The molecule has 2 aromatic heterocycles. The molecule has 0 fully saturated rings. The molecule has 0 radical (unpaired) electrons. The van der Waals surface area contributed by atoms with Crippen LogP contribution in [-0.4, -0.2) is 30.3 Å². The minimum atomic E-state index is -0.160. The highest BCUT2D eigenvalue weighted by atomic mass is 16.5. The van der Waals surface area contributed by atoms with Gasteiger partial charge in [0.25, 0.3) is 0 Å². The molecule has 0 bridgehead atoms. The summed E-state index contributed by atoms with van der Waals surface area (Å²) in [7, 11) is 0. The van der Waals surface area contributed by atoms with Crippen molar-refractivity contribution in [2.45, 2.75) is 0 Å². The third-order valence-corrected chi connectivity index (χ3v) is 1.28. The van der Waals surface area contributed by atoms with Crippen LogP contribution in [0.3, 0.4) is 0 Å². The van der Waals surface area contributed by atoms with E-state index in [2.05, 4.69) is 20.3 Å². The van der Waals surface area contributed by atoms with E-state index in [1.807, 2.05) is 0 Å². The van der Waals surface area contributed by atoms with E-state index >= 15 is 0 Å². The number of rotatable bonds is 0. The zero-order valence-corrected chi connectivity index (χ0v) is 5.31. The standard InChI is InChI=1S/C4H4N6O/c5-3-2-4(7-1-6-2)8-9-10(3)11/h1,5,11H,(H,6,7). The molecule has 0 aromatic carbocycles. The number of aromatic nitrogens is 5. The third kappa shape index (κ3) is 0.672. The SMILES string of the molecule is N=c1c2[nH]cnc2nnn1O. The highest BCUT2D eigenvalue weighted by Crippen LogP contribution is 1.93. The van der Waals surface area contributed by atoms with Gasteiger partial charge in [0, 0.05) is 0 Å². The van der Waals surface area contributed by atoms with Crippen LogP contribution in [0.1, 0.15) is 0 Å². The lowest BCUT2D eigenvalue weighted by atomic mass is 10.6. The summed E-state index contributed by atoms with van der Waals surface area (Å²) in [6, 6.07) is 0. The lowest BCUT2D eigenvalue weighted by molar-refractivity contribution is 0.123. The maximum Gasteiger partial charge on any atom is 0.212 e. The monoisotopic (exact) mass is 152 g/mol. The molecule has 0 saturated heterocycles. The number of nitrogens with zero attached hydrogens (tertiary/aromatic N) is 4. The predicted molar refractivity (Wildman–Crippen MR) is 32.7 cm³/mol. The summed E-state index contributed by atoms with van der Waals surface area (Å²) < 4.78 is 0. The Kier molecular flexibility index (Phi) is 0.945. The molecule has 0 aliphatic heterocycles. The first kappa shape index (κ1) is 5.83. The lowest BCUT2D eigenvalue weighted by Crippen LogP contribution is -2.22. The Morgan fingerprint density at radius 2 is 2.45 bits per heavy atom. The normalized spacial score (nSPS) is 10.5. The summed E-state index contributed by atoms with van der Waals surface area (Å²) in [5.41, 5.74) is 0.523. The summed E-state index contributed by atoms with van der Waals surface area (Å²) in [6.07, 6.45) is 1.39. The van der Waals surface area contributed by atoms with Crippen LogP contribution >= 0.6 is 0 Å². The first-order valence-corrected chi connectivity index (χ1v) is 2.82. The van der Waals surface area contributed by atoms with Crippen molar-refractivity contribution in [3.05, 3.63) is 11.8 Å². The molecule has 0 unspecified atom stereocenters. The van der Waals surface area contributed by atoms with E-state index in [9.17, 15) is 0 Å². The van der Waals surface area contributed by atoms with Gasteiger partial charge in [-0.15, -0.1) is 5.10 Å². The Balaban J connectivity index is 3.05. The fourth-order valence-corrected chi connectivity index (χ4v) is 0.767. The maximum absolute atomic E-state index is 8.84. The van der Waals surface area contributed by atoms with E-state index in [0.29, 0.717) is 16.0 Å². The largest absolute Gasteiger partial charge is 0.409 e. The second-order valence-corrected chi connectivity index (χ2v) is 1.93. The van der Waals surface area contributed by atoms with Crippen LogP contribution in [0.4, 0.5) is 0 Å². The molecule has 2 rings (SSSR count). The minimum absolute atomic E-state index is 0.160. The molecule has 0 atom stereocenters. The first-order valence-electron chi connectivity index (χ1n) is 2.82. The summed E-state index contributed by atoms with van der Waals surface area (Å²) in [6.45, 7) is 0. The van der Waals surface area contributed by atoms with Crippen LogP contribution in [0.5, 0.6) is 0 Å². The number of hydrogen-bond donors (Lipinski definition) is 3. The molecule has 0 saturated carbocycles. The molecular weight excluding hydrogens is 148 g/mol. The minimum Gasteiger partial charge on any atom is -0.409 e. The van der Waals surface area contributed by atoms with E-state index < -0.39 is 0 Å². The average Bonchev–Trinajstić information content (AvgIpc) is 2.45. The van der Waals surface area contributed by atoms with Gasteiger partial charge < -0.3 is 10.2 Å². The van der Waals surface area contributed by atoms with Crippen molar-refractivity contribution in [1.29, 1.82) is 5.41 Å². The highest BCUT2D eigenvalue weighted by Gasteiger charge is 2.01. The molecular formula is C4H4N6O. The summed E-state index contributed by atoms with van der Waals surface area (Å²) in [5.74, 6) is 0. The van der Waals surface area contributed by atoms with Gasteiger partial charge in [-0.25, -0.2) is 4.98 Å². The van der Waals surface area contributed by atoms with E-state index in [-0.39, 0.29) is 5.49 Å². The third-order valence-electron chi connectivity index (χ3n) is 1.28. The van der Waals surface area contributed by atoms with Crippen molar-refractivity contribution in [3.63, 3.8) is 0 Å². The number of H-pyrrole nitrogens is 1. The summed E-state index contributed by atoms with van der Waals surface area (Å²) >= 11 is 0. The van der Waals surface area contributed by atoms with Crippen molar-refractivity contribution in [2.75, 3.05) is 0 Å². The van der Waals surface area contributed by atoms with E-state index in [0.717, 1.165) is 0 Å². The van der Waals surface area contributed by atoms with Gasteiger partial charge in [-0.2, -0.15) is 0 Å². The van der Waals surface area contributed by atoms with Crippen LogP contribution in [0.25, 0.3) is 11.2 Å². The number of fused-ring (bicyclic) bond motifs is 1. The number of imidazole rings is 1. The molecule has 3 N–H and O–H groups in total. The van der Waals surface area contributed by atoms with E-state index in [4.69, 9.17) is 10.6 Å². The van der Waals surface area contributed by atoms with Crippen molar-refractivity contribution in [2.24, 2.45) is 0 Å². The van der Waals surface area contributed by atoms with Gasteiger partial charge in [0.2, 0.25) is 11.1 Å². The van der Waals surface area contributed by atoms with Gasteiger partial charge in [-0.3, -0.25) is 5.41 Å². The molecule has 7 nitrogen and oxygen atoms in total. The second-order valence-electron chi connectivity index (χ2n) is 1.93. The van der Waals surface area contributed by atoms with E-state index in [1.54, 1.807) is 0 Å². The van der Waals surface area contributed by atoms with Crippen LogP contribution in [0.2, 0.25) is 0 Å². The Morgan fingerprint density at radius 3 is 3.27 bits per heavy atom. The Labute approximate surface area is 59.8 Å². The van der Waals surface area contributed by atoms with Crippen molar-refractivity contribution in [3.8, 4) is 0 Å². The number of hydrogen-bond acceptors (Lipinski definition) is 5. The smallest absolute Gasteiger partial charge is 0.212 e. The summed E-state index contributed by atoms with van der Waals surface area (Å²) in [4.78, 5) is 6.77. The zero-order chi connectivity index (χ0) is 7.84. The molecule has 2 heterocycles. The highest BCUT2D eigenvalue weighted by molar-refractivity contribution is 5.66. The lowest BCUT2D eigenvalue weighted by Gasteiger charge is -1.91. The predicted octanol–water partition coefficient (Wildman–Crippen LogP) is -1.13. The van der Waals surface area contributed by atoms with Crippen molar-refractivity contribution in [1.82, 2.24) is 25.1 Å². The Morgan fingerprint density at radius 1 is 1.64 bits per heavy atom. The first-order chi connectivity index (χ1) is 5.29. The maximum atomic E-state index is 8.84. The van der Waals surface area contributed by atoms with Gasteiger partial charge in [0.15, 0.2) is 0 Å². The summed E-state index contributed by atoms with van der Waals surface area (Å²) in [5, 5.41) is 22.8. The second kappa shape index (κ2) is 1.78. The van der Waals surface area contributed by atoms with Gasteiger partial charge in [0.1, 0.15) is 5.52 Å². The topological polar surface area (TPSA) is 103 Å². The van der Waals surface area contributed by atoms with Crippen molar-refractivity contribution < 1.29 is 5.21 Å². The molecule has 0 amide bonds. The fraction of sp³-hybridized carbons (Fsp3) is 0. The van der Waals surface area contributed by atoms with Crippen molar-refractivity contribution >= 4 is 11.2 Å². The van der Waals surface area contributed by atoms with Gasteiger partial charge >= 0.3 is 0 Å². The molecule has 11 heavy (non-hydrogen) atoms. The molecule has 7 heteroatoms. The molecule has 0 aliphatic carbocycles. The molecule has 56 valence electrons. The number of aromatic amines is 1. The van der Waals surface area contributed by atoms with E-state index in [1.165, 1.54) is 6.33 Å².